The van der Waals surface area contributed by atoms with Crippen molar-refractivity contribution in [3.05, 3.63) is 71.9 Å². The number of carbonyl (C=O) groups is 1. The van der Waals surface area contributed by atoms with Crippen LogP contribution in [0.3, 0.4) is 0 Å². The third kappa shape index (κ3) is 3.00. The molecule has 25 heavy (non-hydrogen) atoms. The van der Waals surface area contributed by atoms with Gasteiger partial charge in [0, 0.05) is 31.1 Å². The lowest BCUT2D eigenvalue weighted by molar-refractivity contribution is 0.0782. The molecule has 0 saturated carbocycles. The fourth-order valence-electron chi connectivity index (χ4n) is 3.28. The second-order valence-electron chi connectivity index (χ2n) is 6.17. The maximum absolute atomic E-state index is 12.8. The number of amides is 1. The molecule has 1 aliphatic heterocycles. The molecule has 1 aromatic carbocycles. The molecule has 1 fully saturated rings. The Hall–Kier alpha value is -3.09. The van der Waals surface area contributed by atoms with E-state index in [1.165, 1.54) is 12.6 Å². The summed E-state index contributed by atoms with van der Waals surface area (Å²) in [5.41, 5.74) is 2.29. The van der Waals surface area contributed by atoms with Gasteiger partial charge in [0.25, 0.3) is 5.91 Å². The molecule has 0 aliphatic carbocycles. The molecule has 2 atom stereocenters. The van der Waals surface area contributed by atoms with Crippen molar-refractivity contribution in [3.8, 4) is 0 Å². The first-order valence-electron chi connectivity index (χ1n) is 8.11. The first kappa shape index (κ1) is 15.4. The molecule has 3 heterocycles. The molecule has 0 N–H and O–H groups in total. The lowest BCUT2D eigenvalue weighted by Gasteiger charge is -2.16. The van der Waals surface area contributed by atoms with E-state index in [-0.39, 0.29) is 17.7 Å². The van der Waals surface area contributed by atoms with Gasteiger partial charge >= 0.3 is 0 Å². The number of aryl methyl sites for hydroxylation is 1. The van der Waals surface area contributed by atoms with E-state index < -0.39 is 0 Å². The number of hydrogen-bond donors (Lipinski definition) is 0. The van der Waals surface area contributed by atoms with Crippen LogP contribution in [0, 0.1) is 6.92 Å². The quantitative estimate of drug-likeness (QED) is 0.729. The van der Waals surface area contributed by atoms with E-state index in [0.717, 1.165) is 11.3 Å². The molecule has 4 rings (SSSR count). The van der Waals surface area contributed by atoms with Crippen LogP contribution in [0.4, 0.5) is 0 Å². The van der Waals surface area contributed by atoms with Gasteiger partial charge in [-0.15, -0.1) is 0 Å². The van der Waals surface area contributed by atoms with E-state index in [9.17, 15) is 4.79 Å². The summed E-state index contributed by atoms with van der Waals surface area (Å²) in [5.74, 6) is 0.600. The Kier molecular flexibility index (Phi) is 3.97. The van der Waals surface area contributed by atoms with Crippen LogP contribution in [0.15, 0.2) is 53.6 Å². The second kappa shape index (κ2) is 6.43. The summed E-state index contributed by atoms with van der Waals surface area (Å²) in [6.07, 6.45) is 4.46. The molecule has 126 valence electrons. The van der Waals surface area contributed by atoms with Crippen LogP contribution in [0.2, 0.25) is 0 Å². The van der Waals surface area contributed by atoms with E-state index in [2.05, 4.69) is 32.2 Å². The Labute approximate surface area is 144 Å². The van der Waals surface area contributed by atoms with Crippen molar-refractivity contribution >= 4 is 5.91 Å². The highest BCUT2D eigenvalue weighted by molar-refractivity contribution is 5.92. The number of rotatable bonds is 3. The van der Waals surface area contributed by atoms with Gasteiger partial charge in [-0.2, -0.15) is 4.98 Å². The van der Waals surface area contributed by atoms with Crippen LogP contribution in [-0.4, -0.2) is 44.0 Å². The zero-order valence-electron chi connectivity index (χ0n) is 13.7. The number of benzene rings is 1. The van der Waals surface area contributed by atoms with E-state index in [1.54, 1.807) is 11.1 Å². The lowest BCUT2D eigenvalue weighted by Crippen LogP contribution is -2.29. The van der Waals surface area contributed by atoms with Gasteiger partial charge < -0.3 is 9.42 Å². The van der Waals surface area contributed by atoms with Gasteiger partial charge in [0.05, 0.1) is 11.9 Å². The molecule has 3 aromatic rings. The van der Waals surface area contributed by atoms with Gasteiger partial charge in [-0.1, -0.05) is 35.5 Å². The number of likely N-dealkylation sites (tertiary alicyclic amines) is 1. The van der Waals surface area contributed by atoms with Gasteiger partial charge in [0.15, 0.2) is 5.82 Å². The third-order valence-electron chi connectivity index (χ3n) is 4.54. The number of hydrogen-bond acceptors (Lipinski definition) is 6. The minimum Gasteiger partial charge on any atom is -0.343 e. The second-order valence-corrected chi connectivity index (χ2v) is 6.17. The molecule has 1 aliphatic rings. The third-order valence-corrected chi connectivity index (χ3v) is 4.54. The van der Waals surface area contributed by atoms with Crippen molar-refractivity contribution in [1.82, 2.24) is 25.0 Å². The van der Waals surface area contributed by atoms with Gasteiger partial charge in [-0.3, -0.25) is 9.78 Å². The van der Waals surface area contributed by atoms with E-state index in [4.69, 9.17) is 4.52 Å². The van der Waals surface area contributed by atoms with Crippen LogP contribution in [0.1, 0.15) is 39.4 Å². The van der Waals surface area contributed by atoms with Gasteiger partial charge in [0.1, 0.15) is 5.69 Å². The topological polar surface area (TPSA) is 85.0 Å². The van der Waals surface area contributed by atoms with Crippen LogP contribution < -0.4 is 0 Å². The molecule has 0 unspecified atom stereocenters. The van der Waals surface area contributed by atoms with Crippen molar-refractivity contribution < 1.29 is 9.32 Å². The van der Waals surface area contributed by atoms with Crippen molar-refractivity contribution in [2.45, 2.75) is 18.8 Å². The minimum atomic E-state index is -0.126. The van der Waals surface area contributed by atoms with Crippen LogP contribution in [0.25, 0.3) is 0 Å². The molecule has 1 saturated heterocycles. The summed E-state index contributed by atoms with van der Waals surface area (Å²) < 4.78 is 4.92. The van der Waals surface area contributed by atoms with Crippen molar-refractivity contribution in [3.63, 3.8) is 0 Å². The largest absolute Gasteiger partial charge is 0.343 e. The zero-order valence-corrected chi connectivity index (χ0v) is 13.7. The van der Waals surface area contributed by atoms with Crippen molar-refractivity contribution in [1.29, 1.82) is 0 Å². The van der Waals surface area contributed by atoms with Crippen molar-refractivity contribution in [2.24, 2.45) is 0 Å². The first-order chi connectivity index (χ1) is 12.2. The summed E-state index contributed by atoms with van der Waals surface area (Å²) in [7, 11) is 0. The van der Waals surface area contributed by atoms with Crippen LogP contribution >= 0.6 is 0 Å². The van der Waals surface area contributed by atoms with Crippen molar-refractivity contribution in [2.75, 3.05) is 13.1 Å². The average molecular weight is 335 g/mol. The summed E-state index contributed by atoms with van der Waals surface area (Å²) >= 11 is 0. The molecular weight excluding hydrogens is 318 g/mol. The number of aromatic nitrogens is 4. The number of carbonyl (C=O) groups excluding carboxylic acids is 1. The Morgan fingerprint density at radius 1 is 1.08 bits per heavy atom. The molecule has 1 amide bonds. The summed E-state index contributed by atoms with van der Waals surface area (Å²) in [5, 5.41) is 4.00. The van der Waals surface area contributed by atoms with Gasteiger partial charge in [-0.25, -0.2) is 4.98 Å². The molecule has 0 bridgehead atoms. The highest BCUT2D eigenvalue weighted by atomic mass is 16.5. The van der Waals surface area contributed by atoms with Crippen LogP contribution in [-0.2, 0) is 0 Å². The maximum Gasteiger partial charge on any atom is 0.274 e. The Morgan fingerprint density at radius 2 is 1.88 bits per heavy atom. The minimum absolute atomic E-state index is 0.0106. The van der Waals surface area contributed by atoms with E-state index in [0.29, 0.717) is 24.6 Å². The summed E-state index contributed by atoms with van der Waals surface area (Å²) in [6.45, 7) is 2.94. The predicted octanol–water partition coefficient (Wildman–Crippen LogP) is 2.19. The van der Waals surface area contributed by atoms with E-state index >= 15 is 0 Å². The lowest BCUT2D eigenvalue weighted by atomic mass is 9.88. The fraction of sp³-hybridized carbons (Fsp3) is 0.278. The van der Waals surface area contributed by atoms with Gasteiger partial charge in [-0.05, 0) is 12.5 Å². The smallest absolute Gasteiger partial charge is 0.274 e. The fourth-order valence-corrected chi connectivity index (χ4v) is 3.28. The number of nitrogens with zero attached hydrogens (tertiary/aromatic N) is 5. The summed E-state index contributed by atoms with van der Waals surface area (Å²) in [4.78, 5) is 27.2. The first-order valence-corrected chi connectivity index (χ1v) is 8.11. The Balaban J connectivity index is 1.63. The molecule has 2 aromatic heterocycles. The molecule has 7 nitrogen and oxygen atoms in total. The Morgan fingerprint density at radius 3 is 2.56 bits per heavy atom. The van der Waals surface area contributed by atoms with E-state index in [1.807, 2.05) is 25.1 Å². The monoisotopic (exact) mass is 335 g/mol. The molecule has 0 radical (unpaired) electrons. The average Bonchev–Trinajstić information content (AvgIpc) is 3.32. The summed E-state index contributed by atoms with van der Waals surface area (Å²) in [6, 6.07) is 10.1. The molecule has 0 spiro atoms. The molecular formula is C18H17N5O2. The normalized spacial score (nSPS) is 20.0. The predicted molar refractivity (Wildman–Crippen MR) is 88.9 cm³/mol. The standard InChI is InChI=1S/C18H17N5O2/c1-12-7-20-16(8-19-12)18(24)23-9-14(13-5-3-2-4-6-13)15(10-23)17-21-11-25-22-17/h2-8,11,14-15H,9-10H2,1H3/t14-,15-/m1/s1. The van der Waals surface area contributed by atoms with Crippen LogP contribution in [0.5, 0.6) is 0 Å². The van der Waals surface area contributed by atoms with Gasteiger partial charge in [0.2, 0.25) is 6.39 Å². The SMILES string of the molecule is Cc1cnc(C(=O)N2C[C@H](c3ccccc3)[C@H](c3ncon3)C2)cn1. The molecule has 7 heteroatoms. The highest BCUT2D eigenvalue weighted by Crippen LogP contribution is 2.38. The zero-order chi connectivity index (χ0) is 17.2. The maximum atomic E-state index is 12.8. The Bertz CT molecular complexity index is 849. The highest BCUT2D eigenvalue weighted by Gasteiger charge is 2.39.